The van der Waals surface area contributed by atoms with E-state index >= 15 is 0 Å². The third kappa shape index (κ3) is 3.37. The Morgan fingerprint density at radius 1 is 1.38 bits per heavy atom. The molecule has 16 heavy (non-hydrogen) atoms. The van der Waals surface area contributed by atoms with Crippen molar-refractivity contribution in [2.45, 2.75) is 18.9 Å². The van der Waals surface area contributed by atoms with Gasteiger partial charge in [-0.1, -0.05) is 23.2 Å². The predicted molar refractivity (Wildman–Crippen MR) is 66.1 cm³/mol. The van der Waals surface area contributed by atoms with Gasteiger partial charge in [0.05, 0.1) is 17.3 Å². The van der Waals surface area contributed by atoms with Crippen LogP contribution in [-0.2, 0) is 4.79 Å². The van der Waals surface area contributed by atoms with Gasteiger partial charge in [-0.3, -0.25) is 4.79 Å². The summed E-state index contributed by atoms with van der Waals surface area (Å²) in [5.74, 6) is -0.0869. The van der Waals surface area contributed by atoms with Gasteiger partial charge in [0, 0.05) is 11.1 Å². The average Bonchev–Trinajstić information content (AvgIpc) is 3.03. The first-order valence-corrected chi connectivity index (χ1v) is 5.89. The quantitative estimate of drug-likeness (QED) is 0.872. The van der Waals surface area contributed by atoms with E-state index < -0.39 is 0 Å². The number of carbonyl (C=O) groups is 1. The summed E-state index contributed by atoms with van der Waals surface area (Å²) in [4.78, 5) is 11.5. The van der Waals surface area contributed by atoms with Crippen molar-refractivity contribution in [1.82, 2.24) is 5.32 Å². The van der Waals surface area contributed by atoms with Gasteiger partial charge in [-0.15, -0.1) is 0 Å². The first-order chi connectivity index (χ1) is 7.65. The van der Waals surface area contributed by atoms with Crippen LogP contribution in [0.5, 0.6) is 0 Å². The van der Waals surface area contributed by atoms with Crippen LogP contribution in [0.25, 0.3) is 0 Å². The van der Waals surface area contributed by atoms with Crippen LogP contribution in [0.1, 0.15) is 12.8 Å². The molecule has 1 aliphatic rings. The fraction of sp³-hybridized carbons (Fsp3) is 0.364. The number of hydrogen-bond acceptors (Lipinski definition) is 2. The Labute approximate surface area is 104 Å². The van der Waals surface area contributed by atoms with E-state index in [1.807, 2.05) is 0 Å². The Balaban J connectivity index is 1.89. The summed E-state index contributed by atoms with van der Waals surface area (Å²) in [5, 5.41) is 6.86. The molecule has 0 atom stereocenters. The van der Waals surface area contributed by atoms with Crippen molar-refractivity contribution in [2.75, 3.05) is 11.9 Å². The maximum absolute atomic E-state index is 11.5. The Morgan fingerprint density at radius 3 is 2.75 bits per heavy atom. The molecular weight excluding hydrogens is 247 g/mol. The molecule has 0 unspecified atom stereocenters. The minimum atomic E-state index is -0.0869. The highest BCUT2D eigenvalue weighted by Crippen LogP contribution is 2.25. The monoisotopic (exact) mass is 258 g/mol. The van der Waals surface area contributed by atoms with Crippen LogP contribution >= 0.6 is 23.2 Å². The summed E-state index contributed by atoms with van der Waals surface area (Å²) in [6.07, 6.45) is 2.32. The Morgan fingerprint density at radius 2 is 2.12 bits per heavy atom. The maximum Gasteiger partial charge on any atom is 0.238 e. The van der Waals surface area contributed by atoms with Gasteiger partial charge in [0.1, 0.15) is 0 Å². The molecule has 86 valence electrons. The molecule has 2 N–H and O–H groups in total. The first-order valence-electron chi connectivity index (χ1n) is 5.13. The van der Waals surface area contributed by atoms with Crippen molar-refractivity contribution in [1.29, 1.82) is 0 Å². The minimum Gasteiger partial charge on any atom is -0.324 e. The molecule has 0 saturated heterocycles. The number of benzene rings is 1. The zero-order chi connectivity index (χ0) is 11.5. The van der Waals surface area contributed by atoms with E-state index in [0.29, 0.717) is 28.3 Å². The second-order valence-corrected chi connectivity index (χ2v) is 4.67. The number of amides is 1. The van der Waals surface area contributed by atoms with Crippen LogP contribution < -0.4 is 10.6 Å². The summed E-state index contributed by atoms with van der Waals surface area (Å²) in [6.45, 7) is 0.323. The van der Waals surface area contributed by atoms with Crippen LogP contribution in [0, 0.1) is 0 Å². The van der Waals surface area contributed by atoms with Crippen LogP contribution in [0.2, 0.25) is 10.0 Å². The molecule has 0 aromatic heterocycles. The van der Waals surface area contributed by atoms with Crippen molar-refractivity contribution in [2.24, 2.45) is 0 Å². The molecule has 0 heterocycles. The topological polar surface area (TPSA) is 41.1 Å². The molecule has 2 rings (SSSR count). The third-order valence-electron chi connectivity index (χ3n) is 2.33. The van der Waals surface area contributed by atoms with E-state index in [1.54, 1.807) is 18.2 Å². The molecule has 1 amide bonds. The van der Waals surface area contributed by atoms with E-state index in [9.17, 15) is 4.79 Å². The van der Waals surface area contributed by atoms with Crippen LogP contribution in [0.4, 0.5) is 5.69 Å². The number of nitrogens with one attached hydrogen (secondary N) is 2. The zero-order valence-electron chi connectivity index (χ0n) is 8.59. The molecule has 5 heteroatoms. The normalized spacial score (nSPS) is 14.9. The van der Waals surface area contributed by atoms with Gasteiger partial charge in [0.15, 0.2) is 0 Å². The van der Waals surface area contributed by atoms with Gasteiger partial charge < -0.3 is 10.6 Å². The number of rotatable bonds is 4. The van der Waals surface area contributed by atoms with E-state index in [1.165, 1.54) is 0 Å². The molecule has 1 aromatic carbocycles. The molecule has 0 radical (unpaired) electrons. The Hall–Kier alpha value is -0.770. The summed E-state index contributed by atoms with van der Waals surface area (Å²) < 4.78 is 0. The van der Waals surface area contributed by atoms with Gasteiger partial charge in [-0.25, -0.2) is 0 Å². The Kier molecular flexibility index (Phi) is 3.69. The molecule has 1 aromatic rings. The van der Waals surface area contributed by atoms with Crippen molar-refractivity contribution in [3.05, 3.63) is 28.2 Å². The van der Waals surface area contributed by atoms with E-state index in [2.05, 4.69) is 10.6 Å². The second kappa shape index (κ2) is 5.04. The molecule has 3 nitrogen and oxygen atoms in total. The number of anilines is 1. The van der Waals surface area contributed by atoms with Crippen molar-refractivity contribution in [3.63, 3.8) is 0 Å². The molecule has 0 bridgehead atoms. The lowest BCUT2D eigenvalue weighted by atomic mass is 10.3. The largest absolute Gasteiger partial charge is 0.324 e. The maximum atomic E-state index is 11.5. The lowest BCUT2D eigenvalue weighted by Crippen LogP contribution is -2.29. The zero-order valence-corrected chi connectivity index (χ0v) is 10.1. The highest BCUT2D eigenvalue weighted by Gasteiger charge is 2.21. The SMILES string of the molecule is O=C(CNC1CC1)Nc1ccc(Cl)cc1Cl. The summed E-state index contributed by atoms with van der Waals surface area (Å²) in [6, 6.07) is 5.51. The molecule has 0 aliphatic heterocycles. The molecule has 0 spiro atoms. The molecule has 1 fully saturated rings. The summed E-state index contributed by atoms with van der Waals surface area (Å²) >= 11 is 11.7. The molecule has 1 saturated carbocycles. The van der Waals surface area contributed by atoms with Gasteiger partial charge in [-0.2, -0.15) is 0 Å². The van der Waals surface area contributed by atoms with Crippen molar-refractivity contribution < 1.29 is 4.79 Å². The molecule has 1 aliphatic carbocycles. The number of hydrogen-bond donors (Lipinski definition) is 2. The highest BCUT2D eigenvalue weighted by atomic mass is 35.5. The third-order valence-corrected chi connectivity index (χ3v) is 2.88. The average molecular weight is 259 g/mol. The van der Waals surface area contributed by atoms with Crippen molar-refractivity contribution >= 4 is 34.8 Å². The van der Waals surface area contributed by atoms with Gasteiger partial charge in [-0.05, 0) is 31.0 Å². The fourth-order valence-electron chi connectivity index (χ4n) is 1.31. The van der Waals surface area contributed by atoms with E-state index in [0.717, 1.165) is 12.8 Å². The van der Waals surface area contributed by atoms with E-state index in [-0.39, 0.29) is 5.91 Å². The van der Waals surface area contributed by atoms with Gasteiger partial charge in [0.25, 0.3) is 0 Å². The fourth-order valence-corrected chi connectivity index (χ4v) is 1.77. The minimum absolute atomic E-state index is 0.0869. The number of carbonyl (C=O) groups excluding carboxylic acids is 1. The smallest absolute Gasteiger partial charge is 0.238 e. The van der Waals surface area contributed by atoms with Crippen LogP contribution in [0.3, 0.4) is 0 Å². The van der Waals surface area contributed by atoms with E-state index in [4.69, 9.17) is 23.2 Å². The summed E-state index contributed by atoms with van der Waals surface area (Å²) in [7, 11) is 0. The van der Waals surface area contributed by atoms with Crippen LogP contribution in [-0.4, -0.2) is 18.5 Å². The summed E-state index contributed by atoms with van der Waals surface area (Å²) in [5.41, 5.74) is 0.591. The Bertz CT molecular complexity index is 405. The molecular formula is C11H12Cl2N2O. The second-order valence-electron chi connectivity index (χ2n) is 3.83. The van der Waals surface area contributed by atoms with Gasteiger partial charge in [0.2, 0.25) is 5.91 Å². The number of halogens is 2. The first kappa shape index (κ1) is 11.7. The standard InChI is InChI=1S/C11H12Cl2N2O/c12-7-1-4-10(9(13)5-7)15-11(16)6-14-8-2-3-8/h1,4-5,8,14H,2-3,6H2,(H,15,16). The lowest BCUT2D eigenvalue weighted by Gasteiger charge is -2.07. The van der Waals surface area contributed by atoms with Crippen LogP contribution in [0.15, 0.2) is 18.2 Å². The predicted octanol–water partition coefficient (Wildman–Crippen LogP) is 2.68. The van der Waals surface area contributed by atoms with Gasteiger partial charge >= 0.3 is 0 Å². The lowest BCUT2D eigenvalue weighted by molar-refractivity contribution is -0.115. The van der Waals surface area contributed by atoms with Crippen molar-refractivity contribution in [3.8, 4) is 0 Å². The highest BCUT2D eigenvalue weighted by molar-refractivity contribution is 6.36.